The second-order valence-corrected chi connectivity index (χ2v) is 6.92. The van der Waals surface area contributed by atoms with Crippen molar-refractivity contribution in [1.29, 1.82) is 0 Å². The zero-order chi connectivity index (χ0) is 14.3. The summed E-state index contributed by atoms with van der Waals surface area (Å²) in [5.74, 6) is 1.80. The molecule has 1 aliphatic rings. The monoisotopic (exact) mass is 271 g/mol. The third-order valence-corrected chi connectivity index (χ3v) is 4.60. The summed E-state index contributed by atoms with van der Waals surface area (Å²) in [5.41, 5.74) is 2.74. The van der Waals surface area contributed by atoms with Crippen LogP contribution in [0.3, 0.4) is 0 Å². The highest BCUT2D eigenvalue weighted by molar-refractivity contribution is 5.78. The van der Waals surface area contributed by atoms with E-state index in [1.807, 2.05) is 0 Å². The van der Waals surface area contributed by atoms with E-state index < -0.39 is 0 Å². The molecule has 0 amide bonds. The summed E-state index contributed by atoms with van der Waals surface area (Å²) in [4.78, 5) is 0. The quantitative estimate of drug-likeness (QED) is 0.842. The van der Waals surface area contributed by atoms with Crippen molar-refractivity contribution >= 4 is 11.0 Å². The molecule has 20 heavy (non-hydrogen) atoms. The third-order valence-electron chi connectivity index (χ3n) is 4.60. The van der Waals surface area contributed by atoms with Crippen molar-refractivity contribution in [3.8, 4) is 0 Å². The van der Waals surface area contributed by atoms with Crippen molar-refractivity contribution in [3.05, 3.63) is 35.6 Å². The molecule has 1 fully saturated rings. The molecule has 1 aliphatic carbocycles. The SMILES string of the molecule is CCCNC(c1cc2cc(C)ccc2o1)C1CC1(C)C. The topological polar surface area (TPSA) is 25.2 Å². The van der Waals surface area contributed by atoms with Crippen molar-refractivity contribution in [1.82, 2.24) is 5.32 Å². The minimum Gasteiger partial charge on any atom is -0.459 e. The largest absolute Gasteiger partial charge is 0.459 e. The number of furan rings is 1. The molecule has 2 unspecified atom stereocenters. The highest BCUT2D eigenvalue weighted by Gasteiger charge is 2.51. The summed E-state index contributed by atoms with van der Waals surface area (Å²) in [6.45, 7) is 10.1. The Morgan fingerprint density at radius 3 is 2.75 bits per heavy atom. The summed E-state index contributed by atoms with van der Waals surface area (Å²) in [6.07, 6.45) is 2.44. The lowest BCUT2D eigenvalue weighted by Gasteiger charge is -2.17. The van der Waals surface area contributed by atoms with Crippen LogP contribution in [-0.4, -0.2) is 6.54 Å². The Bertz CT molecular complexity index is 611. The zero-order valence-corrected chi connectivity index (χ0v) is 13.0. The molecule has 2 aromatic rings. The predicted octanol–water partition coefficient (Wildman–Crippen LogP) is 4.83. The second kappa shape index (κ2) is 4.92. The molecule has 0 saturated heterocycles. The fraction of sp³-hybridized carbons (Fsp3) is 0.556. The molecular weight excluding hydrogens is 246 g/mol. The number of rotatable bonds is 5. The predicted molar refractivity (Wildman–Crippen MR) is 83.9 cm³/mol. The molecule has 0 radical (unpaired) electrons. The van der Waals surface area contributed by atoms with Crippen molar-refractivity contribution in [2.75, 3.05) is 6.54 Å². The van der Waals surface area contributed by atoms with Gasteiger partial charge >= 0.3 is 0 Å². The van der Waals surface area contributed by atoms with Gasteiger partial charge in [-0.15, -0.1) is 0 Å². The van der Waals surface area contributed by atoms with Gasteiger partial charge in [-0.2, -0.15) is 0 Å². The molecule has 2 atom stereocenters. The molecule has 1 saturated carbocycles. The van der Waals surface area contributed by atoms with E-state index in [1.54, 1.807) is 0 Å². The van der Waals surface area contributed by atoms with Crippen LogP contribution in [0.5, 0.6) is 0 Å². The summed E-state index contributed by atoms with van der Waals surface area (Å²) in [5, 5.41) is 4.91. The molecule has 2 heteroatoms. The lowest BCUT2D eigenvalue weighted by Crippen LogP contribution is -2.25. The number of hydrogen-bond acceptors (Lipinski definition) is 2. The van der Waals surface area contributed by atoms with E-state index >= 15 is 0 Å². The fourth-order valence-electron chi connectivity index (χ4n) is 3.15. The van der Waals surface area contributed by atoms with Gasteiger partial charge in [-0.05, 0) is 55.8 Å². The lowest BCUT2D eigenvalue weighted by molar-refractivity contribution is 0.359. The first-order valence-corrected chi connectivity index (χ1v) is 7.75. The number of hydrogen-bond donors (Lipinski definition) is 1. The third kappa shape index (κ3) is 2.49. The highest BCUT2D eigenvalue weighted by Crippen LogP contribution is 2.58. The van der Waals surface area contributed by atoms with E-state index in [-0.39, 0.29) is 0 Å². The van der Waals surface area contributed by atoms with Gasteiger partial charge in [0.2, 0.25) is 0 Å². The van der Waals surface area contributed by atoms with Crippen molar-refractivity contribution in [2.45, 2.75) is 46.6 Å². The van der Waals surface area contributed by atoms with E-state index in [0.717, 1.165) is 24.3 Å². The van der Waals surface area contributed by atoms with Crippen molar-refractivity contribution < 1.29 is 4.42 Å². The molecular formula is C18H25NO. The van der Waals surface area contributed by atoms with Crippen LogP contribution in [0.2, 0.25) is 0 Å². The Morgan fingerprint density at radius 1 is 1.35 bits per heavy atom. The zero-order valence-electron chi connectivity index (χ0n) is 13.0. The molecule has 1 N–H and O–H groups in total. The molecule has 0 bridgehead atoms. The average molecular weight is 271 g/mol. The van der Waals surface area contributed by atoms with E-state index in [1.165, 1.54) is 17.4 Å². The van der Waals surface area contributed by atoms with Crippen molar-refractivity contribution in [3.63, 3.8) is 0 Å². The molecule has 108 valence electrons. The maximum absolute atomic E-state index is 6.11. The van der Waals surface area contributed by atoms with Gasteiger partial charge in [0.25, 0.3) is 0 Å². The van der Waals surface area contributed by atoms with Gasteiger partial charge < -0.3 is 9.73 Å². The van der Waals surface area contributed by atoms with Crippen LogP contribution >= 0.6 is 0 Å². The summed E-state index contributed by atoms with van der Waals surface area (Å²) >= 11 is 0. The molecule has 1 aromatic carbocycles. The molecule has 1 heterocycles. The standard InChI is InChI=1S/C18H25NO/c1-5-8-19-17(14-11-18(14,3)4)16-10-13-9-12(2)6-7-15(13)20-16/h6-7,9-10,14,17,19H,5,8,11H2,1-4H3. The van der Waals surface area contributed by atoms with Crippen LogP contribution < -0.4 is 5.32 Å². The van der Waals surface area contributed by atoms with Crippen LogP contribution in [0.4, 0.5) is 0 Å². The van der Waals surface area contributed by atoms with Crippen LogP contribution in [0.25, 0.3) is 11.0 Å². The Kier molecular flexibility index (Phi) is 3.37. The van der Waals surface area contributed by atoms with Crippen LogP contribution in [0.1, 0.15) is 51.0 Å². The van der Waals surface area contributed by atoms with Gasteiger partial charge in [-0.1, -0.05) is 32.4 Å². The maximum Gasteiger partial charge on any atom is 0.134 e. The highest BCUT2D eigenvalue weighted by atomic mass is 16.3. The fourth-order valence-corrected chi connectivity index (χ4v) is 3.15. The summed E-state index contributed by atoms with van der Waals surface area (Å²) in [7, 11) is 0. The number of nitrogens with one attached hydrogen (secondary N) is 1. The Labute approximate surface area is 121 Å². The first-order chi connectivity index (χ1) is 9.51. The first kappa shape index (κ1) is 13.7. The van der Waals surface area contributed by atoms with E-state index in [4.69, 9.17) is 4.42 Å². The van der Waals surface area contributed by atoms with Gasteiger partial charge in [0.15, 0.2) is 0 Å². The van der Waals surface area contributed by atoms with E-state index in [9.17, 15) is 0 Å². The van der Waals surface area contributed by atoms with E-state index in [2.05, 4.69) is 57.3 Å². The average Bonchev–Trinajstić information content (AvgIpc) is 2.84. The van der Waals surface area contributed by atoms with E-state index in [0.29, 0.717) is 17.4 Å². The Morgan fingerprint density at radius 2 is 2.10 bits per heavy atom. The minimum atomic E-state index is 0.359. The van der Waals surface area contributed by atoms with Crippen LogP contribution in [-0.2, 0) is 0 Å². The number of fused-ring (bicyclic) bond motifs is 1. The lowest BCUT2D eigenvalue weighted by atomic mass is 10.0. The van der Waals surface area contributed by atoms with Crippen LogP contribution in [0.15, 0.2) is 28.7 Å². The summed E-state index contributed by atoms with van der Waals surface area (Å²) in [6, 6.07) is 8.99. The second-order valence-electron chi connectivity index (χ2n) is 6.92. The van der Waals surface area contributed by atoms with Gasteiger partial charge in [0, 0.05) is 5.39 Å². The minimum absolute atomic E-state index is 0.359. The van der Waals surface area contributed by atoms with Crippen LogP contribution in [0, 0.1) is 18.3 Å². The van der Waals surface area contributed by atoms with Gasteiger partial charge in [0.05, 0.1) is 6.04 Å². The molecule has 0 spiro atoms. The molecule has 1 aromatic heterocycles. The number of aryl methyl sites for hydroxylation is 1. The maximum atomic E-state index is 6.11. The molecule has 3 rings (SSSR count). The molecule has 2 nitrogen and oxygen atoms in total. The summed E-state index contributed by atoms with van der Waals surface area (Å²) < 4.78 is 6.11. The van der Waals surface area contributed by atoms with Gasteiger partial charge in [-0.25, -0.2) is 0 Å². The normalized spacial score (nSPS) is 22.1. The van der Waals surface area contributed by atoms with Gasteiger partial charge in [0.1, 0.15) is 11.3 Å². The Balaban J connectivity index is 1.92. The van der Waals surface area contributed by atoms with Crippen molar-refractivity contribution in [2.24, 2.45) is 11.3 Å². The van der Waals surface area contributed by atoms with Gasteiger partial charge in [-0.3, -0.25) is 0 Å². The smallest absolute Gasteiger partial charge is 0.134 e. The first-order valence-electron chi connectivity index (χ1n) is 7.75. The Hall–Kier alpha value is -1.28. The molecule has 0 aliphatic heterocycles. The number of benzene rings is 1.